The number of hydrogen-bond acceptors (Lipinski definition) is 5. The maximum absolute atomic E-state index is 11.7. The van der Waals surface area contributed by atoms with Gasteiger partial charge in [-0.25, -0.2) is 4.79 Å². The van der Waals surface area contributed by atoms with Crippen LogP contribution in [0.5, 0.6) is 0 Å². The Morgan fingerprint density at radius 1 is 1.12 bits per heavy atom. The molecule has 25 heavy (non-hydrogen) atoms. The van der Waals surface area contributed by atoms with Gasteiger partial charge in [0.1, 0.15) is 11.3 Å². The van der Waals surface area contributed by atoms with Gasteiger partial charge < -0.3 is 10.1 Å². The Morgan fingerprint density at radius 3 is 2.28 bits per heavy atom. The molecule has 0 fully saturated rings. The second kappa shape index (κ2) is 7.52. The van der Waals surface area contributed by atoms with E-state index in [1.165, 1.54) is 6.07 Å². The van der Waals surface area contributed by atoms with E-state index in [0.717, 1.165) is 4.47 Å². The summed E-state index contributed by atoms with van der Waals surface area (Å²) in [5.74, 6) is 0. The summed E-state index contributed by atoms with van der Waals surface area (Å²) in [6, 6.07) is 11.4. The van der Waals surface area contributed by atoms with Crippen LogP contribution in [-0.2, 0) is 4.74 Å². The molecule has 2 rings (SSSR count). The number of halogens is 1. The van der Waals surface area contributed by atoms with Gasteiger partial charge in [0.25, 0.3) is 5.69 Å². The number of nitrogens with one attached hydrogen (secondary N) is 2. The second-order valence-corrected chi connectivity index (χ2v) is 7.16. The number of carbonyl (C=O) groups excluding carboxylic acids is 1. The number of ether oxygens (including phenoxy) is 1. The van der Waals surface area contributed by atoms with E-state index in [9.17, 15) is 14.9 Å². The summed E-state index contributed by atoms with van der Waals surface area (Å²) in [5, 5.41) is 16.7. The van der Waals surface area contributed by atoms with E-state index in [1.54, 1.807) is 57.2 Å². The first-order valence-electron chi connectivity index (χ1n) is 7.45. The van der Waals surface area contributed by atoms with Crippen LogP contribution in [0.2, 0.25) is 0 Å². The van der Waals surface area contributed by atoms with Gasteiger partial charge in [0.05, 0.1) is 4.92 Å². The van der Waals surface area contributed by atoms with Gasteiger partial charge in [0, 0.05) is 21.9 Å². The molecule has 0 heterocycles. The maximum atomic E-state index is 11.7. The van der Waals surface area contributed by atoms with Crippen molar-refractivity contribution in [3.8, 4) is 0 Å². The summed E-state index contributed by atoms with van der Waals surface area (Å²) in [4.78, 5) is 22.4. The first-order chi connectivity index (χ1) is 11.6. The minimum atomic E-state index is -0.578. The predicted octanol–water partition coefficient (Wildman–Crippen LogP) is 5.45. The quantitative estimate of drug-likeness (QED) is 0.519. The van der Waals surface area contributed by atoms with Crippen LogP contribution in [0.15, 0.2) is 46.9 Å². The molecule has 8 heteroatoms. The molecule has 0 radical (unpaired) electrons. The number of hydrogen-bond donors (Lipinski definition) is 2. The minimum absolute atomic E-state index is 0.0286. The van der Waals surface area contributed by atoms with Gasteiger partial charge in [-0.2, -0.15) is 0 Å². The van der Waals surface area contributed by atoms with Crippen molar-refractivity contribution in [2.75, 3.05) is 10.6 Å². The van der Waals surface area contributed by atoms with Crippen molar-refractivity contribution in [2.24, 2.45) is 0 Å². The first-order valence-corrected chi connectivity index (χ1v) is 8.24. The highest BCUT2D eigenvalue weighted by molar-refractivity contribution is 9.10. The SMILES string of the molecule is CC(C)(C)OC(=O)Nc1ccc(Nc2cc(Br)ccc2[N+](=O)[O-])cc1. The van der Waals surface area contributed by atoms with E-state index >= 15 is 0 Å². The van der Waals surface area contributed by atoms with Crippen molar-refractivity contribution in [3.05, 3.63) is 57.1 Å². The normalized spacial score (nSPS) is 10.9. The summed E-state index contributed by atoms with van der Waals surface area (Å²) in [7, 11) is 0. The molecule has 132 valence electrons. The molecular formula is C17H18BrN3O4. The van der Waals surface area contributed by atoms with E-state index in [4.69, 9.17) is 4.74 Å². The van der Waals surface area contributed by atoms with Crippen molar-refractivity contribution in [1.29, 1.82) is 0 Å². The molecule has 0 saturated heterocycles. The molecule has 2 aromatic carbocycles. The molecule has 0 aromatic heterocycles. The monoisotopic (exact) mass is 407 g/mol. The number of amides is 1. The fourth-order valence-electron chi connectivity index (χ4n) is 1.98. The molecule has 2 N–H and O–H groups in total. The van der Waals surface area contributed by atoms with Crippen LogP contribution in [-0.4, -0.2) is 16.6 Å². The van der Waals surface area contributed by atoms with Gasteiger partial charge in [-0.15, -0.1) is 0 Å². The lowest BCUT2D eigenvalue weighted by atomic mass is 10.2. The molecule has 0 bridgehead atoms. The van der Waals surface area contributed by atoms with Crippen molar-refractivity contribution >= 4 is 44.8 Å². The average Bonchev–Trinajstić information content (AvgIpc) is 2.47. The Bertz CT molecular complexity index is 785. The zero-order chi connectivity index (χ0) is 18.6. The number of nitrogens with zero attached hydrogens (tertiary/aromatic N) is 1. The third-order valence-corrected chi connectivity index (χ3v) is 3.46. The summed E-state index contributed by atoms with van der Waals surface area (Å²) in [5.41, 5.74) is 0.969. The largest absolute Gasteiger partial charge is 0.444 e. The third-order valence-electron chi connectivity index (χ3n) is 2.96. The summed E-state index contributed by atoms with van der Waals surface area (Å²) < 4.78 is 5.90. The topological polar surface area (TPSA) is 93.5 Å². The lowest BCUT2D eigenvalue weighted by Gasteiger charge is -2.19. The van der Waals surface area contributed by atoms with Gasteiger partial charge >= 0.3 is 6.09 Å². The van der Waals surface area contributed by atoms with Gasteiger partial charge in [-0.1, -0.05) is 15.9 Å². The van der Waals surface area contributed by atoms with Gasteiger partial charge in [0.2, 0.25) is 0 Å². The van der Waals surface area contributed by atoms with Crippen LogP contribution >= 0.6 is 15.9 Å². The Kier molecular flexibility index (Phi) is 5.63. The van der Waals surface area contributed by atoms with Crippen LogP contribution in [0, 0.1) is 10.1 Å². The van der Waals surface area contributed by atoms with Crippen LogP contribution in [0.25, 0.3) is 0 Å². The number of anilines is 3. The lowest BCUT2D eigenvalue weighted by Crippen LogP contribution is -2.27. The molecule has 2 aromatic rings. The molecule has 1 amide bonds. The molecule has 0 aliphatic carbocycles. The minimum Gasteiger partial charge on any atom is -0.444 e. The fraction of sp³-hybridized carbons (Fsp3) is 0.235. The first kappa shape index (κ1) is 18.7. The number of benzene rings is 2. The zero-order valence-corrected chi connectivity index (χ0v) is 15.6. The Morgan fingerprint density at radius 2 is 1.72 bits per heavy atom. The lowest BCUT2D eigenvalue weighted by molar-refractivity contribution is -0.383. The van der Waals surface area contributed by atoms with Gasteiger partial charge in [-0.05, 0) is 57.2 Å². The zero-order valence-electron chi connectivity index (χ0n) is 14.0. The molecule has 0 atom stereocenters. The molecular weight excluding hydrogens is 390 g/mol. The van der Waals surface area contributed by atoms with E-state index in [2.05, 4.69) is 26.6 Å². The maximum Gasteiger partial charge on any atom is 0.412 e. The van der Waals surface area contributed by atoms with E-state index in [1.807, 2.05) is 0 Å². The third kappa shape index (κ3) is 5.75. The summed E-state index contributed by atoms with van der Waals surface area (Å²) in [6.45, 7) is 5.35. The highest BCUT2D eigenvalue weighted by atomic mass is 79.9. The van der Waals surface area contributed by atoms with E-state index in [-0.39, 0.29) is 5.69 Å². The summed E-state index contributed by atoms with van der Waals surface area (Å²) >= 11 is 3.30. The number of nitro benzene ring substituents is 1. The van der Waals surface area contributed by atoms with E-state index < -0.39 is 16.6 Å². The second-order valence-electron chi connectivity index (χ2n) is 6.25. The molecule has 0 aliphatic heterocycles. The van der Waals surface area contributed by atoms with Gasteiger partial charge in [0.15, 0.2) is 0 Å². The average molecular weight is 408 g/mol. The predicted molar refractivity (Wildman–Crippen MR) is 100 cm³/mol. The molecule has 0 unspecified atom stereocenters. The number of carbonyl (C=O) groups is 1. The van der Waals surface area contributed by atoms with Gasteiger partial charge in [-0.3, -0.25) is 15.4 Å². The smallest absolute Gasteiger partial charge is 0.412 e. The van der Waals surface area contributed by atoms with Crippen molar-refractivity contribution < 1.29 is 14.5 Å². The van der Waals surface area contributed by atoms with Crippen LogP contribution in [0.1, 0.15) is 20.8 Å². The van der Waals surface area contributed by atoms with Crippen molar-refractivity contribution in [2.45, 2.75) is 26.4 Å². The highest BCUT2D eigenvalue weighted by Crippen LogP contribution is 2.30. The van der Waals surface area contributed by atoms with Crippen LogP contribution in [0.4, 0.5) is 27.5 Å². The van der Waals surface area contributed by atoms with Crippen molar-refractivity contribution in [3.63, 3.8) is 0 Å². The number of rotatable bonds is 4. The molecule has 7 nitrogen and oxygen atoms in total. The highest BCUT2D eigenvalue weighted by Gasteiger charge is 2.16. The Hall–Kier alpha value is -2.61. The van der Waals surface area contributed by atoms with Crippen molar-refractivity contribution in [1.82, 2.24) is 0 Å². The van der Waals surface area contributed by atoms with E-state index in [0.29, 0.717) is 17.1 Å². The Labute approximate surface area is 153 Å². The van der Waals surface area contributed by atoms with Crippen LogP contribution < -0.4 is 10.6 Å². The summed E-state index contributed by atoms with van der Waals surface area (Å²) in [6.07, 6.45) is -0.546. The fourth-order valence-corrected chi connectivity index (χ4v) is 2.34. The number of nitro groups is 1. The Balaban J connectivity index is 2.10. The van der Waals surface area contributed by atoms with Crippen LogP contribution in [0.3, 0.4) is 0 Å². The molecule has 0 spiro atoms. The standard InChI is InChI=1S/C17H18BrN3O4/c1-17(2,3)25-16(22)20-13-7-5-12(6-8-13)19-14-10-11(18)4-9-15(14)21(23)24/h4-10,19H,1-3H3,(H,20,22). The molecule has 0 saturated carbocycles. The molecule has 0 aliphatic rings.